The first-order chi connectivity index (χ1) is 15.0. The van der Waals surface area contributed by atoms with Gasteiger partial charge in [0.2, 0.25) is 0 Å². The molecule has 0 saturated carbocycles. The molecule has 156 valence electrons. The predicted octanol–water partition coefficient (Wildman–Crippen LogP) is 6.72. The molecule has 1 fully saturated rings. The number of rotatable bonds is 5. The zero-order chi connectivity index (χ0) is 21.8. The first kappa shape index (κ1) is 21.9. The van der Waals surface area contributed by atoms with E-state index in [0.29, 0.717) is 21.7 Å². The number of amides is 1. The summed E-state index contributed by atoms with van der Waals surface area (Å²) in [6, 6.07) is 21.3. The van der Waals surface area contributed by atoms with Crippen molar-refractivity contribution in [3.05, 3.63) is 96.9 Å². The number of benzene rings is 3. The SMILES string of the molecule is Cc1ccc(N=C2NC(=O)/C(=C\c3ccc(OCc4ccccc4Cl)c(I)c3)S2)cc1. The molecule has 31 heavy (non-hydrogen) atoms. The number of carbonyl (C=O) groups is 1. The van der Waals surface area contributed by atoms with Crippen LogP contribution in [0, 0.1) is 10.5 Å². The molecule has 1 N–H and O–H groups in total. The summed E-state index contributed by atoms with van der Waals surface area (Å²) in [5.41, 5.74) is 3.83. The number of aliphatic imine (C=N–C) groups is 1. The third-order valence-electron chi connectivity index (χ3n) is 4.51. The number of carbonyl (C=O) groups excluding carboxylic acids is 1. The molecule has 4 nitrogen and oxygen atoms in total. The molecule has 4 rings (SSSR count). The smallest absolute Gasteiger partial charge is 0.264 e. The molecule has 1 saturated heterocycles. The number of aryl methyl sites for hydroxylation is 1. The van der Waals surface area contributed by atoms with Crippen molar-refractivity contribution in [3.8, 4) is 5.75 Å². The van der Waals surface area contributed by atoms with E-state index in [4.69, 9.17) is 16.3 Å². The number of nitrogens with one attached hydrogen (secondary N) is 1. The van der Waals surface area contributed by atoms with Gasteiger partial charge in [0, 0.05) is 10.6 Å². The number of hydrogen-bond donors (Lipinski definition) is 1. The molecule has 0 atom stereocenters. The standard InChI is InChI=1S/C24H18ClIN2O2S/c1-15-6-9-18(10-7-15)27-24-28-23(29)22(31-24)13-16-8-11-21(20(26)12-16)30-14-17-4-2-3-5-19(17)25/h2-13H,14H2,1H3,(H,27,28,29)/b22-13+. The van der Waals surface area contributed by atoms with Gasteiger partial charge in [0.25, 0.3) is 5.91 Å². The van der Waals surface area contributed by atoms with Gasteiger partial charge in [-0.25, -0.2) is 4.99 Å². The molecule has 0 spiro atoms. The van der Waals surface area contributed by atoms with Crippen LogP contribution in [-0.4, -0.2) is 11.1 Å². The van der Waals surface area contributed by atoms with E-state index in [0.717, 1.165) is 26.1 Å². The van der Waals surface area contributed by atoms with Crippen LogP contribution in [-0.2, 0) is 11.4 Å². The van der Waals surface area contributed by atoms with Crippen molar-refractivity contribution in [1.82, 2.24) is 5.32 Å². The summed E-state index contributed by atoms with van der Waals surface area (Å²) >= 11 is 9.76. The monoisotopic (exact) mass is 560 g/mol. The van der Waals surface area contributed by atoms with Gasteiger partial charge in [-0.1, -0.05) is 53.6 Å². The third-order valence-corrected chi connectivity index (χ3v) is 6.63. The minimum atomic E-state index is -0.148. The van der Waals surface area contributed by atoms with E-state index in [1.807, 2.05) is 79.7 Å². The van der Waals surface area contributed by atoms with Crippen LogP contribution in [0.5, 0.6) is 5.75 Å². The Bertz CT molecular complexity index is 1190. The van der Waals surface area contributed by atoms with Gasteiger partial charge in [-0.05, 0) is 83.2 Å². The normalized spacial score (nSPS) is 16.0. The fourth-order valence-electron chi connectivity index (χ4n) is 2.86. The number of ether oxygens (including phenoxy) is 1. The molecule has 0 aliphatic carbocycles. The quantitative estimate of drug-likeness (QED) is 0.278. The average molecular weight is 561 g/mol. The Hall–Kier alpha value is -2.29. The summed E-state index contributed by atoms with van der Waals surface area (Å²) in [4.78, 5) is 17.5. The van der Waals surface area contributed by atoms with Crippen LogP contribution >= 0.6 is 46.0 Å². The summed E-state index contributed by atoms with van der Waals surface area (Å²) in [7, 11) is 0. The summed E-state index contributed by atoms with van der Waals surface area (Å²) in [5, 5.41) is 4.09. The fraction of sp³-hybridized carbons (Fsp3) is 0.0833. The van der Waals surface area contributed by atoms with E-state index in [9.17, 15) is 4.79 Å². The Labute approximate surface area is 203 Å². The first-order valence-electron chi connectivity index (χ1n) is 9.50. The summed E-state index contributed by atoms with van der Waals surface area (Å²) in [6.07, 6.45) is 1.86. The van der Waals surface area contributed by atoms with E-state index in [2.05, 4.69) is 32.9 Å². The second-order valence-corrected chi connectivity index (χ2v) is 9.49. The van der Waals surface area contributed by atoms with Crippen molar-refractivity contribution < 1.29 is 9.53 Å². The predicted molar refractivity (Wildman–Crippen MR) is 137 cm³/mol. The van der Waals surface area contributed by atoms with E-state index in [1.165, 1.54) is 17.3 Å². The van der Waals surface area contributed by atoms with Crippen molar-refractivity contribution in [2.24, 2.45) is 4.99 Å². The van der Waals surface area contributed by atoms with Crippen LogP contribution in [0.25, 0.3) is 6.08 Å². The Morgan fingerprint density at radius 3 is 2.65 bits per heavy atom. The molecule has 3 aromatic carbocycles. The molecule has 1 aliphatic rings. The van der Waals surface area contributed by atoms with Gasteiger partial charge >= 0.3 is 0 Å². The molecule has 1 amide bonds. The fourth-order valence-corrected chi connectivity index (χ4v) is 4.59. The maximum Gasteiger partial charge on any atom is 0.264 e. The van der Waals surface area contributed by atoms with Crippen LogP contribution in [0.3, 0.4) is 0 Å². The zero-order valence-corrected chi connectivity index (χ0v) is 20.3. The van der Waals surface area contributed by atoms with E-state index in [-0.39, 0.29) is 5.91 Å². The number of amidine groups is 1. The molecule has 1 aliphatic heterocycles. The highest BCUT2D eigenvalue weighted by atomic mass is 127. The number of thioether (sulfide) groups is 1. The van der Waals surface area contributed by atoms with Crippen molar-refractivity contribution in [1.29, 1.82) is 0 Å². The Kier molecular flexibility index (Phi) is 6.99. The van der Waals surface area contributed by atoms with E-state index >= 15 is 0 Å². The zero-order valence-electron chi connectivity index (χ0n) is 16.6. The van der Waals surface area contributed by atoms with Gasteiger partial charge in [-0.2, -0.15) is 0 Å². The number of halogens is 2. The van der Waals surface area contributed by atoms with Crippen LogP contribution in [0.4, 0.5) is 5.69 Å². The first-order valence-corrected chi connectivity index (χ1v) is 11.8. The molecule has 3 aromatic rings. The van der Waals surface area contributed by atoms with Crippen LogP contribution in [0.15, 0.2) is 76.6 Å². The van der Waals surface area contributed by atoms with Crippen LogP contribution in [0.1, 0.15) is 16.7 Å². The van der Waals surface area contributed by atoms with Gasteiger partial charge in [0.05, 0.1) is 14.2 Å². The summed E-state index contributed by atoms with van der Waals surface area (Å²) < 4.78 is 6.88. The highest BCUT2D eigenvalue weighted by Crippen LogP contribution is 2.30. The third kappa shape index (κ3) is 5.70. The van der Waals surface area contributed by atoms with Gasteiger partial charge in [0.15, 0.2) is 5.17 Å². The largest absolute Gasteiger partial charge is 0.488 e. The lowest BCUT2D eigenvalue weighted by atomic mass is 10.2. The van der Waals surface area contributed by atoms with E-state index < -0.39 is 0 Å². The second-order valence-electron chi connectivity index (χ2n) is 6.89. The van der Waals surface area contributed by atoms with Gasteiger partial charge in [-0.15, -0.1) is 0 Å². The lowest BCUT2D eigenvalue weighted by molar-refractivity contribution is -0.115. The van der Waals surface area contributed by atoms with Crippen molar-refractivity contribution in [2.75, 3.05) is 0 Å². The van der Waals surface area contributed by atoms with Crippen molar-refractivity contribution in [3.63, 3.8) is 0 Å². The lowest BCUT2D eigenvalue weighted by Gasteiger charge is -2.10. The molecule has 0 bridgehead atoms. The highest BCUT2D eigenvalue weighted by Gasteiger charge is 2.23. The Morgan fingerprint density at radius 2 is 1.90 bits per heavy atom. The molecule has 7 heteroatoms. The number of nitrogens with zero attached hydrogens (tertiary/aromatic N) is 1. The number of hydrogen-bond acceptors (Lipinski definition) is 4. The second kappa shape index (κ2) is 9.89. The van der Waals surface area contributed by atoms with E-state index in [1.54, 1.807) is 0 Å². The maximum atomic E-state index is 12.4. The molecule has 0 aromatic heterocycles. The molecular weight excluding hydrogens is 543 g/mol. The molecule has 0 radical (unpaired) electrons. The van der Waals surface area contributed by atoms with Gasteiger partial charge in [0.1, 0.15) is 12.4 Å². The topological polar surface area (TPSA) is 50.7 Å². The lowest BCUT2D eigenvalue weighted by Crippen LogP contribution is -2.19. The average Bonchev–Trinajstić information content (AvgIpc) is 3.09. The van der Waals surface area contributed by atoms with Crippen molar-refractivity contribution >= 4 is 68.8 Å². The van der Waals surface area contributed by atoms with Crippen LogP contribution in [0.2, 0.25) is 5.02 Å². The molecular formula is C24H18ClIN2O2S. The van der Waals surface area contributed by atoms with Crippen molar-refractivity contribution in [2.45, 2.75) is 13.5 Å². The minimum absolute atomic E-state index is 0.148. The summed E-state index contributed by atoms with van der Waals surface area (Å²) in [5.74, 6) is 0.623. The Balaban J connectivity index is 1.46. The summed E-state index contributed by atoms with van der Waals surface area (Å²) in [6.45, 7) is 2.42. The molecule has 0 unspecified atom stereocenters. The van der Waals surface area contributed by atoms with Crippen LogP contribution < -0.4 is 10.1 Å². The maximum absolute atomic E-state index is 12.4. The minimum Gasteiger partial charge on any atom is -0.488 e. The van der Waals surface area contributed by atoms with Gasteiger partial charge in [-0.3, -0.25) is 4.79 Å². The highest BCUT2D eigenvalue weighted by molar-refractivity contribution is 14.1. The Morgan fingerprint density at radius 1 is 1.13 bits per heavy atom. The van der Waals surface area contributed by atoms with Gasteiger partial charge < -0.3 is 10.1 Å². The molecule has 1 heterocycles.